The minimum absolute atomic E-state index is 0.327. The van der Waals surface area contributed by atoms with E-state index in [4.69, 9.17) is 4.74 Å². The molecule has 15 heavy (non-hydrogen) atoms. The molecular formula is C12H15NO2. The molecule has 0 saturated heterocycles. The second-order valence-electron chi connectivity index (χ2n) is 3.60. The van der Waals surface area contributed by atoms with Crippen molar-refractivity contribution in [3.8, 4) is 5.75 Å². The van der Waals surface area contributed by atoms with Crippen molar-refractivity contribution in [2.24, 2.45) is 4.99 Å². The van der Waals surface area contributed by atoms with E-state index in [1.54, 1.807) is 7.11 Å². The van der Waals surface area contributed by atoms with Crippen LogP contribution >= 0.6 is 0 Å². The van der Waals surface area contributed by atoms with E-state index < -0.39 is 0 Å². The fourth-order valence-corrected chi connectivity index (χ4v) is 1.55. The molecule has 0 bridgehead atoms. The van der Waals surface area contributed by atoms with Gasteiger partial charge < -0.3 is 4.74 Å². The molecule has 3 nitrogen and oxygen atoms in total. The van der Waals surface area contributed by atoms with Crippen LogP contribution in [-0.4, -0.2) is 13.2 Å². The van der Waals surface area contributed by atoms with Crippen molar-refractivity contribution in [3.63, 3.8) is 0 Å². The molecule has 0 heterocycles. The average molecular weight is 205 g/mol. The summed E-state index contributed by atoms with van der Waals surface area (Å²) in [5.74, 6) is 1.21. The van der Waals surface area contributed by atoms with E-state index in [0.717, 1.165) is 16.9 Å². The van der Waals surface area contributed by atoms with Crippen LogP contribution in [0.2, 0.25) is 0 Å². The molecule has 0 aliphatic carbocycles. The highest BCUT2D eigenvalue weighted by Gasteiger charge is 2.10. The minimum Gasteiger partial charge on any atom is -0.496 e. The molecule has 1 rings (SSSR count). The van der Waals surface area contributed by atoms with Gasteiger partial charge in [-0.3, -0.25) is 0 Å². The van der Waals surface area contributed by atoms with Gasteiger partial charge in [0.15, 0.2) is 0 Å². The fraction of sp³-hybridized carbons (Fsp3) is 0.417. The summed E-state index contributed by atoms with van der Waals surface area (Å²) >= 11 is 0. The molecule has 3 heteroatoms. The third-order valence-corrected chi connectivity index (χ3v) is 2.27. The van der Waals surface area contributed by atoms with E-state index in [-0.39, 0.29) is 0 Å². The predicted molar refractivity (Wildman–Crippen MR) is 58.9 cm³/mol. The molecule has 0 fully saturated rings. The van der Waals surface area contributed by atoms with Gasteiger partial charge in [-0.1, -0.05) is 32.0 Å². The van der Waals surface area contributed by atoms with Crippen LogP contribution < -0.4 is 4.74 Å². The van der Waals surface area contributed by atoms with Crippen LogP contribution in [0.4, 0.5) is 0 Å². The first-order valence-electron chi connectivity index (χ1n) is 4.90. The summed E-state index contributed by atoms with van der Waals surface area (Å²) in [5, 5.41) is 0. The number of methoxy groups -OCH3 is 1. The summed E-state index contributed by atoms with van der Waals surface area (Å²) < 4.78 is 5.35. The molecule has 0 saturated carbocycles. The zero-order chi connectivity index (χ0) is 11.3. The van der Waals surface area contributed by atoms with Crippen molar-refractivity contribution in [2.75, 3.05) is 7.11 Å². The van der Waals surface area contributed by atoms with E-state index in [0.29, 0.717) is 12.5 Å². The van der Waals surface area contributed by atoms with Gasteiger partial charge in [0.2, 0.25) is 6.08 Å². The summed E-state index contributed by atoms with van der Waals surface area (Å²) in [7, 11) is 1.63. The highest BCUT2D eigenvalue weighted by molar-refractivity contribution is 5.44. The van der Waals surface area contributed by atoms with E-state index in [2.05, 4.69) is 18.8 Å². The van der Waals surface area contributed by atoms with E-state index in [1.807, 2.05) is 18.2 Å². The van der Waals surface area contributed by atoms with Gasteiger partial charge in [0.05, 0.1) is 13.7 Å². The number of nitrogens with zero attached hydrogens (tertiary/aromatic N) is 1. The van der Waals surface area contributed by atoms with Crippen molar-refractivity contribution in [3.05, 3.63) is 29.3 Å². The summed E-state index contributed by atoms with van der Waals surface area (Å²) in [6, 6.07) is 5.89. The smallest absolute Gasteiger partial charge is 0.235 e. The van der Waals surface area contributed by atoms with E-state index >= 15 is 0 Å². The van der Waals surface area contributed by atoms with Crippen molar-refractivity contribution in [1.82, 2.24) is 0 Å². The monoisotopic (exact) mass is 205 g/mol. The SMILES string of the molecule is COc1c(CN=C=O)cccc1C(C)C. The average Bonchev–Trinajstić information content (AvgIpc) is 2.25. The lowest BCUT2D eigenvalue weighted by atomic mass is 9.99. The lowest BCUT2D eigenvalue weighted by molar-refractivity contribution is 0.402. The zero-order valence-corrected chi connectivity index (χ0v) is 9.28. The number of para-hydroxylation sites is 1. The van der Waals surface area contributed by atoms with Gasteiger partial charge in [0.25, 0.3) is 0 Å². The number of carbonyl (C=O) groups excluding carboxylic acids is 1. The number of benzene rings is 1. The van der Waals surface area contributed by atoms with Gasteiger partial charge in [-0.05, 0) is 11.5 Å². The zero-order valence-electron chi connectivity index (χ0n) is 9.28. The molecule has 0 aliphatic heterocycles. The number of aliphatic imine (C=N–C) groups is 1. The largest absolute Gasteiger partial charge is 0.496 e. The van der Waals surface area contributed by atoms with Crippen LogP contribution in [0.5, 0.6) is 5.75 Å². The molecular weight excluding hydrogens is 190 g/mol. The number of hydrogen-bond donors (Lipinski definition) is 0. The summed E-state index contributed by atoms with van der Waals surface area (Å²) in [6.45, 7) is 4.53. The Bertz CT molecular complexity index is 379. The van der Waals surface area contributed by atoms with Gasteiger partial charge in [-0.25, -0.2) is 9.79 Å². The normalized spacial score (nSPS) is 9.87. The van der Waals surface area contributed by atoms with Crippen molar-refractivity contribution in [2.45, 2.75) is 26.3 Å². The van der Waals surface area contributed by atoms with Crippen LogP contribution in [0.1, 0.15) is 30.9 Å². The second-order valence-corrected chi connectivity index (χ2v) is 3.60. The number of rotatable bonds is 4. The minimum atomic E-state index is 0.327. The summed E-state index contributed by atoms with van der Waals surface area (Å²) in [4.78, 5) is 13.6. The maximum absolute atomic E-state index is 10.1. The number of ether oxygens (including phenoxy) is 1. The lowest BCUT2D eigenvalue weighted by Gasteiger charge is -2.14. The third-order valence-electron chi connectivity index (χ3n) is 2.27. The molecule has 0 radical (unpaired) electrons. The summed E-state index contributed by atoms with van der Waals surface area (Å²) in [6.07, 6.45) is 1.54. The molecule has 0 atom stereocenters. The van der Waals surface area contributed by atoms with Gasteiger partial charge in [-0.15, -0.1) is 0 Å². The first-order chi connectivity index (χ1) is 7.20. The van der Waals surface area contributed by atoms with Gasteiger partial charge in [0.1, 0.15) is 5.75 Å². The molecule has 0 unspecified atom stereocenters. The van der Waals surface area contributed by atoms with E-state index in [9.17, 15) is 4.79 Å². The topological polar surface area (TPSA) is 38.7 Å². The Kier molecular flexibility index (Phi) is 4.07. The van der Waals surface area contributed by atoms with Crippen molar-refractivity contribution in [1.29, 1.82) is 0 Å². The number of isocyanates is 1. The Labute approximate surface area is 89.8 Å². The second kappa shape index (κ2) is 5.32. The quantitative estimate of drug-likeness (QED) is 0.560. The van der Waals surface area contributed by atoms with Crippen LogP contribution in [0.15, 0.2) is 23.2 Å². The first-order valence-corrected chi connectivity index (χ1v) is 4.90. The Morgan fingerprint density at radius 2 is 2.20 bits per heavy atom. The van der Waals surface area contributed by atoms with Gasteiger partial charge in [-0.2, -0.15) is 0 Å². The molecule has 0 aliphatic rings. The fourth-order valence-electron chi connectivity index (χ4n) is 1.55. The Morgan fingerprint density at radius 1 is 1.47 bits per heavy atom. The molecule has 0 aromatic heterocycles. The van der Waals surface area contributed by atoms with Crippen LogP contribution in [0.25, 0.3) is 0 Å². The maximum atomic E-state index is 10.1. The number of hydrogen-bond acceptors (Lipinski definition) is 3. The van der Waals surface area contributed by atoms with Crippen LogP contribution in [-0.2, 0) is 11.3 Å². The highest BCUT2D eigenvalue weighted by Crippen LogP contribution is 2.30. The third kappa shape index (κ3) is 2.67. The predicted octanol–water partition coefficient (Wildman–Crippen LogP) is 2.65. The van der Waals surface area contributed by atoms with E-state index in [1.165, 1.54) is 6.08 Å². The summed E-state index contributed by atoms with van der Waals surface area (Å²) in [5.41, 5.74) is 2.06. The Hall–Kier alpha value is -1.60. The maximum Gasteiger partial charge on any atom is 0.235 e. The standard InChI is InChI=1S/C12H15NO2/c1-9(2)11-6-4-5-10(7-13-8-14)12(11)15-3/h4-6,9H,7H2,1-3H3. The molecule has 0 amide bonds. The molecule has 80 valence electrons. The molecule has 0 spiro atoms. The first kappa shape index (κ1) is 11.5. The Morgan fingerprint density at radius 3 is 2.73 bits per heavy atom. The highest BCUT2D eigenvalue weighted by atomic mass is 16.5. The van der Waals surface area contributed by atoms with Crippen LogP contribution in [0, 0.1) is 0 Å². The molecule has 0 N–H and O–H groups in total. The van der Waals surface area contributed by atoms with Gasteiger partial charge in [0, 0.05) is 5.56 Å². The van der Waals surface area contributed by atoms with Crippen LogP contribution in [0.3, 0.4) is 0 Å². The molecule has 1 aromatic carbocycles. The molecule has 1 aromatic rings. The van der Waals surface area contributed by atoms with Crippen molar-refractivity contribution >= 4 is 6.08 Å². The lowest BCUT2D eigenvalue weighted by Crippen LogP contribution is -1.98. The Balaban J connectivity index is 3.15. The van der Waals surface area contributed by atoms with Crippen molar-refractivity contribution < 1.29 is 9.53 Å². The van der Waals surface area contributed by atoms with Gasteiger partial charge >= 0.3 is 0 Å².